The molecule has 2 aromatic carbocycles. The largest absolute Gasteiger partial charge is 0.451 e. The quantitative estimate of drug-likeness (QED) is 0.361. The molecule has 1 aliphatic carbocycles. The van der Waals surface area contributed by atoms with Crippen LogP contribution in [0.4, 0.5) is 10.2 Å². The Morgan fingerprint density at radius 3 is 2.55 bits per heavy atom. The second kappa shape index (κ2) is 11.7. The highest BCUT2D eigenvalue weighted by Gasteiger charge is 2.49. The van der Waals surface area contributed by atoms with Gasteiger partial charge < -0.3 is 20.3 Å². The number of carbonyl (C=O) groups excluding carboxylic acids is 1. The maximum absolute atomic E-state index is 14.4. The van der Waals surface area contributed by atoms with Gasteiger partial charge in [-0.25, -0.2) is 14.4 Å². The summed E-state index contributed by atoms with van der Waals surface area (Å²) in [5, 5.41) is 9.10. The molecule has 2 N–H and O–H groups in total. The first-order valence-corrected chi connectivity index (χ1v) is 14.6. The second-order valence-corrected chi connectivity index (χ2v) is 12.5. The van der Waals surface area contributed by atoms with E-state index in [1.165, 1.54) is 24.5 Å². The third-order valence-electron chi connectivity index (χ3n) is 8.66. The zero-order valence-electron chi connectivity index (χ0n) is 24.8. The van der Waals surface area contributed by atoms with Crippen molar-refractivity contribution in [3.8, 4) is 17.6 Å². The van der Waals surface area contributed by atoms with Crippen molar-refractivity contribution in [2.75, 3.05) is 18.0 Å². The summed E-state index contributed by atoms with van der Waals surface area (Å²) in [6.07, 6.45) is 7.70. The van der Waals surface area contributed by atoms with Gasteiger partial charge in [0.15, 0.2) is 11.6 Å². The summed E-state index contributed by atoms with van der Waals surface area (Å²) in [4.78, 5) is 26.2. The van der Waals surface area contributed by atoms with E-state index in [2.05, 4.69) is 20.9 Å². The zero-order valence-corrected chi connectivity index (χ0v) is 24.8. The number of hydrogen-bond donors (Lipinski definition) is 1. The van der Waals surface area contributed by atoms with Crippen LogP contribution in [0, 0.1) is 22.6 Å². The fourth-order valence-electron chi connectivity index (χ4n) is 6.86. The Morgan fingerprint density at radius 1 is 1.12 bits per heavy atom. The Labute approximate surface area is 247 Å². The minimum atomic E-state index is -0.503. The van der Waals surface area contributed by atoms with Crippen LogP contribution in [0.2, 0.25) is 0 Å². The molecule has 0 bridgehead atoms. The van der Waals surface area contributed by atoms with E-state index in [4.69, 9.17) is 15.7 Å². The van der Waals surface area contributed by atoms with Crippen LogP contribution >= 0.6 is 0 Å². The summed E-state index contributed by atoms with van der Waals surface area (Å²) >= 11 is 0. The molecule has 2 atom stereocenters. The Kier molecular flexibility index (Phi) is 8.20. The molecule has 3 aromatic rings. The van der Waals surface area contributed by atoms with Crippen LogP contribution in [0.5, 0.6) is 11.5 Å². The highest BCUT2D eigenvalue weighted by Crippen LogP contribution is 2.51. The Bertz CT molecular complexity index is 1480. The van der Waals surface area contributed by atoms with E-state index in [1.54, 1.807) is 11.1 Å². The van der Waals surface area contributed by atoms with Gasteiger partial charge in [0.2, 0.25) is 0 Å². The van der Waals surface area contributed by atoms with Gasteiger partial charge in [0.25, 0.3) is 5.91 Å². The molecule has 2 aliphatic rings. The predicted octanol–water partition coefficient (Wildman–Crippen LogP) is 5.86. The van der Waals surface area contributed by atoms with E-state index in [1.807, 2.05) is 52.0 Å². The zero-order chi connectivity index (χ0) is 30.1. The molecular weight excluding hydrogens is 531 g/mol. The molecule has 0 radical (unpaired) electrons. The summed E-state index contributed by atoms with van der Waals surface area (Å²) in [5.74, 6) is 0.542. The maximum Gasteiger partial charge on any atom is 0.258 e. The van der Waals surface area contributed by atoms with Crippen LogP contribution in [-0.4, -0.2) is 51.5 Å². The third kappa shape index (κ3) is 6.09. The van der Waals surface area contributed by atoms with Crippen LogP contribution in [0.25, 0.3) is 0 Å². The van der Waals surface area contributed by atoms with E-state index >= 15 is 0 Å². The number of nitrogens with zero attached hydrogens (tertiary/aromatic N) is 5. The van der Waals surface area contributed by atoms with Crippen LogP contribution in [-0.2, 0) is 6.42 Å². The van der Waals surface area contributed by atoms with Crippen molar-refractivity contribution >= 4 is 11.7 Å². The molecule has 5 rings (SSSR count). The molecular formula is C33H39FN6O2. The van der Waals surface area contributed by atoms with Crippen molar-refractivity contribution in [2.45, 2.75) is 77.4 Å². The van der Waals surface area contributed by atoms with Gasteiger partial charge in [-0.1, -0.05) is 12.1 Å². The number of aromatic nitrogens is 2. The molecule has 220 valence electrons. The lowest BCUT2D eigenvalue weighted by Gasteiger charge is -2.31. The van der Waals surface area contributed by atoms with Gasteiger partial charge in [-0.15, -0.1) is 0 Å². The van der Waals surface area contributed by atoms with Crippen LogP contribution in [0.1, 0.15) is 74.9 Å². The Hall–Kier alpha value is -4.03. The first kappa shape index (κ1) is 29.5. The Balaban J connectivity index is 1.34. The summed E-state index contributed by atoms with van der Waals surface area (Å²) in [7, 11) is 0. The first-order chi connectivity index (χ1) is 20.0. The molecule has 9 heteroatoms. The molecule has 1 spiro atoms. The van der Waals surface area contributed by atoms with Crippen molar-refractivity contribution in [3.05, 3.63) is 77.5 Å². The van der Waals surface area contributed by atoms with E-state index in [9.17, 15) is 9.18 Å². The molecule has 1 aliphatic heterocycles. The minimum absolute atomic E-state index is 0.0651. The predicted molar refractivity (Wildman–Crippen MR) is 160 cm³/mol. The number of amides is 1. The van der Waals surface area contributed by atoms with Gasteiger partial charge in [0, 0.05) is 30.7 Å². The van der Waals surface area contributed by atoms with E-state index < -0.39 is 5.82 Å². The molecule has 1 saturated heterocycles. The molecule has 2 unspecified atom stereocenters. The van der Waals surface area contributed by atoms with Gasteiger partial charge in [-0.05, 0) is 101 Å². The van der Waals surface area contributed by atoms with Gasteiger partial charge in [-0.2, -0.15) is 5.26 Å². The lowest BCUT2D eigenvalue weighted by atomic mass is 9.81. The fraction of sp³-hybridized carbons (Fsp3) is 0.455. The topological polar surface area (TPSA) is 108 Å². The number of nitriles is 1. The number of benzene rings is 2. The van der Waals surface area contributed by atoms with Crippen molar-refractivity contribution < 1.29 is 13.9 Å². The van der Waals surface area contributed by atoms with Crippen molar-refractivity contribution in [1.29, 1.82) is 5.26 Å². The van der Waals surface area contributed by atoms with Crippen molar-refractivity contribution in [2.24, 2.45) is 11.1 Å². The van der Waals surface area contributed by atoms with E-state index in [0.29, 0.717) is 17.1 Å². The van der Waals surface area contributed by atoms with Crippen LogP contribution < -0.4 is 15.4 Å². The van der Waals surface area contributed by atoms with Crippen molar-refractivity contribution in [3.63, 3.8) is 0 Å². The number of nitrogens with two attached hydrogens (primary N) is 1. The molecule has 42 heavy (non-hydrogen) atoms. The molecule has 2 heterocycles. The minimum Gasteiger partial charge on any atom is -0.451 e. The standard InChI is InChI=1S/C33H39FN6O2/c1-22(2)40(23(3)4)31(41)27-15-26(34)9-10-28(27)42-29-18-37-21-38-30(29)39-14-13-32(20-39)11-12-33(36,19-32)16-24-5-7-25(17-35)8-6-24/h5-10,15,18,21-23H,11-14,16,19-20,36H2,1-4H3. The lowest BCUT2D eigenvalue weighted by Crippen LogP contribution is -2.42. The number of carbonyl (C=O) groups is 1. The number of rotatable bonds is 8. The monoisotopic (exact) mass is 570 g/mol. The Morgan fingerprint density at radius 2 is 1.86 bits per heavy atom. The average molecular weight is 571 g/mol. The normalized spacial score (nSPS) is 21.7. The summed E-state index contributed by atoms with van der Waals surface area (Å²) in [6, 6.07) is 13.8. The van der Waals surface area contributed by atoms with Crippen LogP contribution in [0.15, 0.2) is 55.0 Å². The highest BCUT2D eigenvalue weighted by atomic mass is 19.1. The molecule has 1 amide bonds. The highest BCUT2D eigenvalue weighted by molar-refractivity contribution is 5.97. The first-order valence-electron chi connectivity index (χ1n) is 14.6. The van der Waals surface area contributed by atoms with E-state index in [0.717, 1.165) is 50.8 Å². The number of anilines is 1. The molecule has 8 nitrogen and oxygen atoms in total. The molecule has 1 aromatic heterocycles. The average Bonchev–Trinajstić information content (AvgIpc) is 3.51. The summed E-state index contributed by atoms with van der Waals surface area (Å²) in [5.41, 5.74) is 8.67. The summed E-state index contributed by atoms with van der Waals surface area (Å²) in [6.45, 7) is 9.34. The number of ether oxygens (including phenoxy) is 1. The smallest absolute Gasteiger partial charge is 0.258 e. The van der Waals surface area contributed by atoms with Crippen LogP contribution in [0.3, 0.4) is 0 Å². The van der Waals surface area contributed by atoms with E-state index in [-0.39, 0.29) is 40.3 Å². The third-order valence-corrected chi connectivity index (χ3v) is 8.66. The van der Waals surface area contributed by atoms with Gasteiger partial charge in [0.05, 0.1) is 23.4 Å². The SMILES string of the molecule is CC(C)N(C(=O)c1cc(F)ccc1Oc1cncnc1N1CCC2(CCC(N)(Cc3ccc(C#N)cc3)C2)C1)C(C)C. The molecule has 2 fully saturated rings. The van der Waals surface area contributed by atoms with Gasteiger partial charge in [0.1, 0.15) is 17.9 Å². The lowest BCUT2D eigenvalue weighted by molar-refractivity contribution is 0.0640. The molecule has 1 saturated carbocycles. The van der Waals surface area contributed by atoms with Gasteiger partial charge >= 0.3 is 0 Å². The number of halogens is 1. The van der Waals surface area contributed by atoms with Crippen molar-refractivity contribution in [1.82, 2.24) is 14.9 Å². The number of hydrogen-bond acceptors (Lipinski definition) is 7. The maximum atomic E-state index is 14.4. The summed E-state index contributed by atoms with van der Waals surface area (Å²) < 4.78 is 20.7. The fourth-order valence-corrected chi connectivity index (χ4v) is 6.86. The second-order valence-electron chi connectivity index (χ2n) is 12.5. The van der Waals surface area contributed by atoms with Gasteiger partial charge in [-0.3, -0.25) is 4.79 Å².